The number of esters is 1. The maximum absolute atomic E-state index is 12.9. The van der Waals surface area contributed by atoms with Crippen LogP contribution in [0.5, 0.6) is 0 Å². The molecule has 6 nitrogen and oxygen atoms in total. The van der Waals surface area contributed by atoms with Gasteiger partial charge in [-0.15, -0.1) is 0 Å². The van der Waals surface area contributed by atoms with Crippen molar-refractivity contribution in [1.29, 1.82) is 0 Å². The van der Waals surface area contributed by atoms with E-state index in [0.29, 0.717) is 32.6 Å². The summed E-state index contributed by atoms with van der Waals surface area (Å²) in [7, 11) is -2.21. The third kappa shape index (κ3) is 2.71. The zero-order valence-corrected chi connectivity index (χ0v) is 13.1. The Bertz CT molecular complexity index is 473. The predicted octanol–water partition coefficient (Wildman–Crippen LogP) is 0.769. The van der Waals surface area contributed by atoms with Crippen molar-refractivity contribution in [2.75, 3.05) is 26.9 Å². The molecular formula is C13H23NO5S. The van der Waals surface area contributed by atoms with Gasteiger partial charge in [0.1, 0.15) is 0 Å². The molecule has 0 spiro atoms. The number of hydrogen-bond acceptors (Lipinski definition) is 5. The Kier molecular flexibility index (Phi) is 4.41. The molecule has 0 aromatic carbocycles. The largest absolute Gasteiger partial charge is 0.469 e. The Morgan fingerprint density at radius 2 is 2.05 bits per heavy atom. The molecular weight excluding hydrogens is 282 g/mol. The topological polar surface area (TPSA) is 72.9 Å². The number of morpholine rings is 1. The summed E-state index contributed by atoms with van der Waals surface area (Å²) in [5.41, 5.74) is -0.569. The van der Waals surface area contributed by atoms with Crippen molar-refractivity contribution in [1.82, 2.24) is 4.31 Å². The molecule has 2 atom stereocenters. The molecule has 1 aliphatic heterocycles. The van der Waals surface area contributed by atoms with Gasteiger partial charge >= 0.3 is 5.97 Å². The molecule has 0 aromatic heterocycles. The molecule has 2 fully saturated rings. The van der Waals surface area contributed by atoms with Gasteiger partial charge in [0, 0.05) is 6.54 Å². The molecule has 0 radical (unpaired) electrons. The molecule has 7 heteroatoms. The lowest BCUT2D eigenvalue weighted by atomic mass is 10.1. The molecule has 0 amide bonds. The molecule has 0 bridgehead atoms. The molecule has 1 saturated carbocycles. The van der Waals surface area contributed by atoms with Gasteiger partial charge in [-0.2, -0.15) is 4.31 Å². The summed E-state index contributed by atoms with van der Waals surface area (Å²) in [6.07, 6.45) is 1.85. The van der Waals surface area contributed by atoms with Crippen molar-refractivity contribution in [3.8, 4) is 0 Å². The molecule has 0 N–H and O–H groups in total. The molecule has 2 unspecified atom stereocenters. The summed E-state index contributed by atoms with van der Waals surface area (Å²) in [6, 6.07) is 0. The first kappa shape index (κ1) is 15.7. The van der Waals surface area contributed by atoms with E-state index < -0.39 is 32.7 Å². The third-order valence-corrected chi connectivity index (χ3v) is 6.84. The molecule has 1 saturated heterocycles. The second-order valence-electron chi connectivity index (χ2n) is 6.08. The standard InChI is InChI=1S/C13H23NO5S/c1-13(2)9-19-8-7-14(13)20(16,17)11-6-4-5-10(11)12(15)18-3/h10-11H,4-9H2,1-3H3. The maximum Gasteiger partial charge on any atom is 0.310 e. The number of rotatable bonds is 3. The van der Waals surface area contributed by atoms with Crippen LogP contribution in [0.15, 0.2) is 0 Å². The second-order valence-corrected chi connectivity index (χ2v) is 8.16. The van der Waals surface area contributed by atoms with Crippen LogP contribution in [0.25, 0.3) is 0 Å². The van der Waals surface area contributed by atoms with Gasteiger partial charge in [0.05, 0.1) is 37.0 Å². The van der Waals surface area contributed by atoms with E-state index in [1.807, 2.05) is 13.8 Å². The molecule has 20 heavy (non-hydrogen) atoms. The van der Waals surface area contributed by atoms with Crippen LogP contribution in [0.1, 0.15) is 33.1 Å². The Hall–Kier alpha value is -0.660. The van der Waals surface area contributed by atoms with E-state index >= 15 is 0 Å². The van der Waals surface area contributed by atoms with Crippen molar-refractivity contribution in [3.63, 3.8) is 0 Å². The average Bonchev–Trinajstić information content (AvgIpc) is 2.86. The van der Waals surface area contributed by atoms with Crippen LogP contribution in [-0.4, -0.2) is 56.3 Å². The smallest absolute Gasteiger partial charge is 0.310 e. The van der Waals surface area contributed by atoms with Crippen molar-refractivity contribution < 1.29 is 22.7 Å². The highest BCUT2D eigenvalue weighted by molar-refractivity contribution is 7.89. The van der Waals surface area contributed by atoms with E-state index in [-0.39, 0.29) is 0 Å². The molecule has 1 aliphatic carbocycles. The number of sulfonamides is 1. The van der Waals surface area contributed by atoms with Crippen LogP contribution in [0, 0.1) is 5.92 Å². The molecule has 0 aromatic rings. The Morgan fingerprint density at radius 3 is 2.65 bits per heavy atom. The summed E-state index contributed by atoms with van der Waals surface area (Å²) in [5.74, 6) is -0.953. The van der Waals surface area contributed by atoms with E-state index in [1.54, 1.807) is 0 Å². The van der Waals surface area contributed by atoms with Crippen LogP contribution in [-0.2, 0) is 24.3 Å². The number of nitrogens with zero attached hydrogens (tertiary/aromatic N) is 1. The zero-order valence-electron chi connectivity index (χ0n) is 12.3. The van der Waals surface area contributed by atoms with Crippen molar-refractivity contribution in [2.24, 2.45) is 5.92 Å². The summed E-state index contributed by atoms with van der Waals surface area (Å²) in [5, 5.41) is -0.660. The van der Waals surface area contributed by atoms with Crippen LogP contribution >= 0.6 is 0 Å². The number of methoxy groups -OCH3 is 1. The van der Waals surface area contributed by atoms with Crippen LogP contribution < -0.4 is 0 Å². The minimum absolute atomic E-state index is 0.347. The van der Waals surface area contributed by atoms with Crippen LogP contribution in [0.4, 0.5) is 0 Å². The Morgan fingerprint density at radius 1 is 1.35 bits per heavy atom. The zero-order chi connectivity index (χ0) is 15.0. The van der Waals surface area contributed by atoms with Crippen LogP contribution in [0.2, 0.25) is 0 Å². The van der Waals surface area contributed by atoms with Gasteiger partial charge in [-0.3, -0.25) is 4.79 Å². The molecule has 2 rings (SSSR count). The lowest BCUT2D eigenvalue weighted by Crippen LogP contribution is -2.58. The Balaban J connectivity index is 2.27. The lowest BCUT2D eigenvalue weighted by Gasteiger charge is -2.42. The first-order valence-corrected chi connectivity index (χ1v) is 8.48. The molecule has 1 heterocycles. The first-order valence-electron chi connectivity index (χ1n) is 6.98. The predicted molar refractivity (Wildman–Crippen MR) is 73.7 cm³/mol. The number of ether oxygens (including phenoxy) is 2. The van der Waals surface area contributed by atoms with E-state index in [9.17, 15) is 13.2 Å². The summed E-state index contributed by atoms with van der Waals surface area (Å²) in [6.45, 7) is 4.83. The fourth-order valence-corrected chi connectivity index (χ4v) is 5.71. The first-order chi connectivity index (χ1) is 9.30. The second kappa shape index (κ2) is 5.61. The Labute approximate surface area is 120 Å². The third-order valence-electron chi connectivity index (χ3n) is 4.22. The number of carbonyl (C=O) groups is 1. The average molecular weight is 305 g/mol. The fraction of sp³-hybridized carbons (Fsp3) is 0.923. The highest BCUT2D eigenvalue weighted by Crippen LogP contribution is 2.36. The van der Waals surface area contributed by atoms with E-state index in [2.05, 4.69) is 0 Å². The normalized spacial score (nSPS) is 31.1. The quantitative estimate of drug-likeness (QED) is 0.720. The van der Waals surface area contributed by atoms with Gasteiger partial charge in [-0.25, -0.2) is 8.42 Å². The van der Waals surface area contributed by atoms with Gasteiger partial charge in [-0.1, -0.05) is 6.42 Å². The van der Waals surface area contributed by atoms with Gasteiger partial charge < -0.3 is 9.47 Å². The fourth-order valence-electron chi connectivity index (χ4n) is 3.18. The minimum atomic E-state index is -3.52. The maximum atomic E-state index is 12.9. The van der Waals surface area contributed by atoms with Gasteiger partial charge in [0.2, 0.25) is 10.0 Å². The van der Waals surface area contributed by atoms with Crippen LogP contribution in [0.3, 0.4) is 0 Å². The number of hydrogen-bond donors (Lipinski definition) is 0. The summed E-state index contributed by atoms with van der Waals surface area (Å²) >= 11 is 0. The SMILES string of the molecule is COC(=O)C1CCCC1S(=O)(=O)N1CCOCC1(C)C. The van der Waals surface area contributed by atoms with Gasteiger partial charge in [-0.05, 0) is 26.7 Å². The summed E-state index contributed by atoms with van der Waals surface area (Å²) in [4.78, 5) is 11.8. The van der Waals surface area contributed by atoms with E-state index in [1.165, 1.54) is 11.4 Å². The number of carbonyl (C=O) groups excluding carboxylic acids is 1. The van der Waals surface area contributed by atoms with E-state index in [4.69, 9.17) is 9.47 Å². The van der Waals surface area contributed by atoms with Gasteiger partial charge in [0.25, 0.3) is 0 Å². The highest BCUT2D eigenvalue weighted by Gasteiger charge is 2.49. The minimum Gasteiger partial charge on any atom is -0.469 e. The summed E-state index contributed by atoms with van der Waals surface area (Å²) < 4.78 is 37.4. The molecule has 2 aliphatic rings. The van der Waals surface area contributed by atoms with Crippen molar-refractivity contribution >= 4 is 16.0 Å². The van der Waals surface area contributed by atoms with E-state index in [0.717, 1.165) is 6.42 Å². The lowest BCUT2D eigenvalue weighted by molar-refractivity contribution is -0.145. The van der Waals surface area contributed by atoms with Crippen molar-refractivity contribution in [2.45, 2.75) is 43.9 Å². The molecule has 116 valence electrons. The van der Waals surface area contributed by atoms with Gasteiger partial charge in [0.15, 0.2) is 0 Å². The highest BCUT2D eigenvalue weighted by atomic mass is 32.2. The monoisotopic (exact) mass is 305 g/mol. The van der Waals surface area contributed by atoms with Crippen molar-refractivity contribution in [3.05, 3.63) is 0 Å².